The molecule has 128 valence electrons. The lowest BCUT2D eigenvalue weighted by atomic mass is 9.86. The SMILES string of the molecule is CC(C)(C)c1ccccc1OCC(=O)NCC1CCCC(O)C1. The Labute approximate surface area is 139 Å². The zero-order chi connectivity index (χ0) is 16.9. The van der Waals surface area contributed by atoms with E-state index in [-0.39, 0.29) is 24.0 Å². The normalized spacial score (nSPS) is 21.7. The largest absolute Gasteiger partial charge is 0.483 e. The van der Waals surface area contributed by atoms with Crippen LogP contribution in [-0.4, -0.2) is 30.3 Å². The third-order valence-corrected chi connectivity index (χ3v) is 4.40. The zero-order valence-electron chi connectivity index (χ0n) is 14.5. The number of ether oxygens (including phenoxy) is 1. The predicted octanol–water partition coefficient (Wildman–Crippen LogP) is 3.03. The fourth-order valence-electron chi connectivity index (χ4n) is 3.11. The predicted molar refractivity (Wildman–Crippen MR) is 91.6 cm³/mol. The van der Waals surface area contributed by atoms with Crippen molar-refractivity contribution in [1.29, 1.82) is 0 Å². The summed E-state index contributed by atoms with van der Waals surface area (Å²) < 4.78 is 5.73. The third kappa shape index (κ3) is 5.54. The van der Waals surface area contributed by atoms with Crippen LogP contribution >= 0.6 is 0 Å². The molecule has 0 spiro atoms. The molecule has 0 aromatic heterocycles. The van der Waals surface area contributed by atoms with Gasteiger partial charge in [-0.25, -0.2) is 0 Å². The summed E-state index contributed by atoms with van der Waals surface area (Å²) in [5, 5.41) is 12.6. The highest BCUT2D eigenvalue weighted by Gasteiger charge is 2.21. The van der Waals surface area contributed by atoms with Gasteiger partial charge in [0.25, 0.3) is 5.91 Å². The Bertz CT molecular complexity index is 522. The first-order valence-electron chi connectivity index (χ1n) is 8.53. The van der Waals surface area contributed by atoms with Crippen molar-refractivity contribution < 1.29 is 14.6 Å². The van der Waals surface area contributed by atoms with E-state index in [1.807, 2.05) is 24.3 Å². The number of aliphatic hydroxyl groups excluding tert-OH is 1. The number of hydrogen-bond donors (Lipinski definition) is 2. The van der Waals surface area contributed by atoms with E-state index in [0.717, 1.165) is 37.0 Å². The van der Waals surface area contributed by atoms with Crippen LogP contribution in [0.4, 0.5) is 0 Å². The highest BCUT2D eigenvalue weighted by molar-refractivity contribution is 5.77. The summed E-state index contributed by atoms with van der Waals surface area (Å²) in [5.74, 6) is 1.04. The molecular formula is C19H29NO3. The minimum atomic E-state index is -0.208. The van der Waals surface area contributed by atoms with Crippen LogP contribution in [0.1, 0.15) is 52.0 Å². The van der Waals surface area contributed by atoms with Gasteiger partial charge in [0.2, 0.25) is 0 Å². The van der Waals surface area contributed by atoms with Crippen LogP contribution in [0, 0.1) is 5.92 Å². The molecule has 2 rings (SSSR count). The summed E-state index contributed by atoms with van der Waals surface area (Å²) in [4.78, 5) is 12.0. The van der Waals surface area contributed by atoms with Gasteiger partial charge in [-0.05, 0) is 42.2 Å². The van der Waals surface area contributed by atoms with Crippen LogP contribution in [0.5, 0.6) is 5.75 Å². The van der Waals surface area contributed by atoms with Crippen molar-refractivity contribution >= 4 is 5.91 Å². The highest BCUT2D eigenvalue weighted by Crippen LogP contribution is 2.30. The van der Waals surface area contributed by atoms with Gasteiger partial charge in [0, 0.05) is 6.54 Å². The molecule has 2 N–H and O–H groups in total. The molecule has 1 aliphatic carbocycles. The van der Waals surface area contributed by atoms with Crippen LogP contribution in [0.25, 0.3) is 0 Å². The van der Waals surface area contributed by atoms with Gasteiger partial charge in [0.05, 0.1) is 6.10 Å². The maximum absolute atomic E-state index is 12.0. The number of carbonyl (C=O) groups excluding carboxylic acids is 1. The van der Waals surface area contributed by atoms with Crippen LogP contribution in [0.15, 0.2) is 24.3 Å². The summed E-state index contributed by atoms with van der Waals surface area (Å²) >= 11 is 0. The second kappa shape index (κ2) is 7.82. The molecule has 1 aromatic rings. The second-order valence-electron chi connectivity index (χ2n) is 7.53. The Balaban J connectivity index is 1.81. The summed E-state index contributed by atoms with van der Waals surface area (Å²) in [6, 6.07) is 7.86. The van der Waals surface area contributed by atoms with Crippen LogP contribution in [0.2, 0.25) is 0 Å². The van der Waals surface area contributed by atoms with Gasteiger partial charge in [0.1, 0.15) is 5.75 Å². The van der Waals surface area contributed by atoms with Crippen molar-refractivity contribution in [3.8, 4) is 5.75 Å². The van der Waals surface area contributed by atoms with E-state index in [1.165, 1.54) is 0 Å². The minimum Gasteiger partial charge on any atom is -0.483 e. The van der Waals surface area contributed by atoms with Gasteiger partial charge in [-0.2, -0.15) is 0 Å². The number of nitrogens with one attached hydrogen (secondary N) is 1. The minimum absolute atomic E-state index is 0.0225. The summed E-state index contributed by atoms with van der Waals surface area (Å²) in [7, 11) is 0. The van der Waals surface area contributed by atoms with Crippen LogP contribution in [-0.2, 0) is 10.2 Å². The molecule has 1 fully saturated rings. The van der Waals surface area contributed by atoms with Crippen molar-refractivity contribution in [2.24, 2.45) is 5.92 Å². The first-order chi connectivity index (χ1) is 10.9. The number of aliphatic hydroxyl groups is 1. The topological polar surface area (TPSA) is 58.6 Å². The third-order valence-electron chi connectivity index (χ3n) is 4.40. The smallest absolute Gasteiger partial charge is 0.257 e. The number of hydrogen-bond acceptors (Lipinski definition) is 3. The fourth-order valence-corrected chi connectivity index (χ4v) is 3.11. The lowest BCUT2D eigenvalue weighted by Crippen LogP contribution is -2.35. The number of amides is 1. The molecular weight excluding hydrogens is 290 g/mol. The Morgan fingerprint density at radius 3 is 2.74 bits per heavy atom. The Morgan fingerprint density at radius 2 is 2.04 bits per heavy atom. The molecule has 1 aliphatic rings. The molecule has 0 bridgehead atoms. The van der Waals surface area contributed by atoms with Gasteiger partial charge >= 0.3 is 0 Å². The average Bonchev–Trinajstić information content (AvgIpc) is 2.50. The van der Waals surface area contributed by atoms with Crippen molar-refractivity contribution in [2.75, 3.05) is 13.2 Å². The van der Waals surface area contributed by atoms with E-state index in [0.29, 0.717) is 12.5 Å². The van der Waals surface area contributed by atoms with Crippen molar-refractivity contribution in [2.45, 2.75) is 58.0 Å². The lowest BCUT2D eigenvalue weighted by Gasteiger charge is -2.26. The Hall–Kier alpha value is -1.55. The molecule has 0 heterocycles. The summed E-state index contributed by atoms with van der Waals surface area (Å²) in [6.07, 6.45) is 3.58. The fraction of sp³-hybridized carbons (Fsp3) is 0.632. The molecule has 4 nitrogen and oxygen atoms in total. The first kappa shape index (κ1) is 17.8. The van der Waals surface area contributed by atoms with E-state index >= 15 is 0 Å². The molecule has 0 saturated heterocycles. The summed E-state index contributed by atoms with van der Waals surface area (Å²) in [6.45, 7) is 7.04. The van der Waals surface area contributed by atoms with E-state index in [4.69, 9.17) is 4.74 Å². The van der Waals surface area contributed by atoms with Gasteiger partial charge < -0.3 is 15.2 Å². The number of benzene rings is 1. The molecule has 1 aromatic carbocycles. The van der Waals surface area contributed by atoms with E-state index in [2.05, 4.69) is 26.1 Å². The second-order valence-corrected chi connectivity index (χ2v) is 7.53. The zero-order valence-corrected chi connectivity index (χ0v) is 14.5. The lowest BCUT2D eigenvalue weighted by molar-refractivity contribution is -0.123. The maximum Gasteiger partial charge on any atom is 0.257 e. The van der Waals surface area contributed by atoms with Gasteiger partial charge in [-0.1, -0.05) is 45.4 Å². The van der Waals surface area contributed by atoms with Crippen molar-refractivity contribution in [1.82, 2.24) is 5.32 Å². The van der Waals surface area contributed by atoms with E-state index < -0.39 is 0 Å². The van der Waals surface area contributed by atoms with Crippen LogP contribution in [0.3, 0.4) is 0 Å². The van der Waals surface area contributed by atoms with Crippen molar-refractivity contribution in [3.05, 3.63) is 29.8 Å². The molecule has 4 heteroatoms. The van der Waals surface area contributed by atoms with Crippen LogP contribution < -0.4 is 10.1 Å². The van der Waals surface area contributed by atoms with E-state index in [1.54, 1.807) is 0 Å². The number of carbonyl (C=O) groups is 1. The Morgan fingerprint density at radius 1 is 1.30 bits per heavy atom. The standard InChI is InChI=1S/C19H29NO3/c1-19(2,3)16-9-4-5-10-17(16)23-13-18(22)20-12-14-7-6-8-15(21)11-14/h4-5,9-10,14-15,21H,6-8,11-13H2,1-3H3,(H,20,22). The molecule has 2 atom stereocenters. The number of para-hydroxylation sites is 1. The molecule has 1 amide bonds. The molecule has 2 unspecified atom stereocenters. The molecule has 23 heavy (non-hydrogen) atoms. The monoisotopic (exact) mass is 319 g/mol. The maximum atomic E-state index is 12.0. The molecule has 0 radical (unpaired) electrons. The number of rotatable bonds is 5. The first-order valence-corrected chi connectivity index (χ1v) is 8.53. The average molecular weight is 319 g/mol. The van der Waals surface area contributed by atoms with Gasteiger partial charge in [-0.15, -0.1) is 0 Å². The van der Waals surface area contributed by atoms with Crippen molar-refractivity contribution in [3.63, 3.8) is 0 Å². The van der Waals surface area contributed by atoms with Gasteiger partial charge in [-0.3, -0.25) is 4.79 Å². The summed E-state index contributed by atoms with van der Waals surface area (Å²) in [5.41, 5.74) is 1.08. The highest BCUT2D eigenvalue weighted by atomic mass is 16.5. The Kier molecular flexibility index (Phi) is 6.05. The molecule has 0 aliphatic heterocycles. The van der Waals surface area contributed by atoms with E-state index in [9.17, 15) is 9.90 Å². The molecule has 1 saturated carbocycles. The quantitative estimate of drug-likeness (QED) is 0.877. The van der Waals surface area contributed by atoms with Gasteiger partial charge in [0.15, 0.2) is 6.61 Å².